The molecule has 7 N–H and O–H groups in total. The van der Waals surface area contributed by atoms with E-state index < -0.39 is 40.6 Å². The SMILES string of the molecule is O=c1c(CC(O)(O)O)c(-c2ccc(O)c(O)c2)oc2cc(O)cc(O)c12. The molecule has 0 amide bonds. The molecule has 26 heavy (non-hydrogen) atoms. The third-order valence-corrected chi connectivity index (χ3v) is 3.70. The van der Waals surface area contributed by atoms with Crippen LogP contribution in [0, 0.1) is 0 Å². The summed E-state index contributed by atoms with van der Waals surface area (Å²) in [4.78, 5) is 12.7. The summed E-state index contributed by atoms with van der Waals surface area (Å²) >= 11 is 0. The lowest BCUT2D eigenvalue weighted by Crippen LogP contribution is -2.32. The van der Waals surface area contributed by atoms with Gasteiger partial charge in [0.2, 0.25) is 5.43 Å². The summed E-state index contributed by atoms with van der Waals surface area (Å²) in [6, 6.07) is 5.41. The fraction of sp³-hybridized carbons (Fsp3) is 0.118. The van der Waals surface area contributed by atoms with Crippen LogP contribution < -0.4 is 5.43 Å². The Hall–Kier alpha value is -3.27. The first-order valence-corrected chi connectivity index (χ1v) is 7.28. The Morgan fingerprint density at radius 3 is 2.19 bits per heavy atom. The fourth-order valence-corrected chi connectivity index (χ4v) is 2.62. The van der Waals surface area contributed by atoms with Crippen molar-refractivity contribution in [1.29, 1.82) is 0 Å². The van der Waals surface area contributed by atoms with Gasteiger partial charge in [-0.25, -0.2) is 0 Å². The van der Waals surface area contributed by atoms with Crippen LogP contribution >= 0.6 is 0 Å². The molecule has 136 valence electrons. The molecule has 0 atom stereocenters. The van der Waals surface area contributed by atoms with Gasteiger partial charge in [-0.15, -0.1) is 0 Å². The van der Waals surface area contributed by atoms with Crippen molar-refractivity contribution in [3.63, 3.8) is 0 Å². The van der Waals surface area contributed by atoms with Gasteiger partial charge in [0.1, 0.15) is 28.2 Å². The summed E-state index contributed by atoms with van der Waals surface area (Å²) in [5.41, 5.74) is -1.43. The molecule has 0 aliphatic carbocycles. The van der Waals surface area contributed by atoms with E-state index in [-0.39, 0.29) is 28.0 Å². The molecule has 0 fully saturated rings. The van der Waals surface area contributed by atoms with Gasteiger partial charge in [-0.05, 0) is 18.2 Å². The molecule has 9 heteroatoms. The lowest BCUT2D eigenvalue weighted by Gasteiger charge is -2.17. The summed E-state index contributed by atoms with van der Waals surface area (Å²) in [6.45, 7) is 0. The van der Waals surface area contributed by atoms with Crippen LogP contribution in [0.15, 0.2) is 39.5 Å². The molecule has 9 nitrogen and oxygen atoms in total. The number of hydrogen-bond acceptors (Lipinski definition) is 9. The predicted molar refractivity (Wildman–Crippen MR) is 87.7 cm³/mol. The van der Waals surface area contributed by atoms with Gasteiger partial charge in [0.05, 0.1) is 12.0 Å². The quantitative estimate of drug-likeness (QED) is 0.258. The van der Waals surface area contributed by atoms with E-state index in [4.69, 9.17) is 4.42 Å². The van der Waals surface area contributed by atoms with Gasteiger partial charge in [0, 0.05) is 17.7 Å². The van der Waals surface area contributed by atoms with Crippen LogP contribution in [0.3, 0.4) is 0 Å². The number of benzene rings is 2. The van der Waals surface area contributed by atoms with E-state index in [1.807, 2.05) is 0 Å². The summed E-state index contributed by atoms with van der Waals surface area (Å²) < 4.78 is 5.52. The minimum absolute atomic E-state index is 0.0707. The molecule has 0 aliphatic heterocycles. The highest BCUT2D eigenvalue weighted by Gasteiger charge is 2.27. The van der Waals surface area contributed by atoms with Gasteiger partial charge in [0.15, 0.2) is 11.5 Å². The molecule has 1 heterocycles. The predicted octanol–water partition coefficient (Wildman–Crippen LogP) is 0.456. The average Bonchev–Trinajstić information content (AvgIpc) is 2.50. The van der Waals surface area contributed by atoms with Crippen LogP contribution in [-0.2, 0) is 6.42 Å². The molecule has 3 aromatic rings. The van der Waals surface area contributed by atoms with Gasteiger partial charge in [0.25, 0.3) is 5.97 Å². The van der Waals surface area contributed by atoms with Crippen LogP contribution in [0.2, 0.25) is 0 Å². The van der Waals surface area contributed by atoms with Gasteiger partial charge in [-0.2, -0.15) is 0 Å². The van der Waals surface area contributed by atoms with Crippen LogP contribution in [0.5, 0.6) is 23.0 Å². The van der Waals surface area contributed by atoms with E-state index in [1.54, 1.807) is 0 Å². The summed E-state index contributed by atoms with van der Waals surface area (Å²) in [5.74, 6) is -5.46. The number of aromatic hydroxyl groups is 4. The van der Waals surface area contributed by atoms with Crippen LogP contribution in [0.4, 0.5) is 0 Å². The Morgan fingerprint density at radius 1 is 0.885 bits per heavy atom. The van der Waals surface area contributed by atoms with Crippen LogP contribution in [0.25, 0.3) is 22.3 Å². The zero-order valence-electron chi connectivity index (χ0n) is 13.0. The van der Waals surface area contributed by atoms with Crippen molar-refractivity contribution in [1.82, 2.24) is 0 Å². The van der Waals surface area contributed by atoms with Crippen molar-refractivity contribution in [3.8, 4) is 34.3 Å². The highest BCUT2D eigenvalue weighted by molar-refractivity contribution is 5.87. The molecular formula is C17H14O9. The molecule has 1 aromatic heterocycles. The van der Waals surface area contributed by atoms with Crippen molar-refractivity contribution in [3.05, 3.63) is 46.1 Å². The maximum absolute atomic E-state index is 12.7. The Balaban J connectivity index is 2.40. The van der Waals surface area contributed by atoms with Gasteiger partial charge >= 0.3 is 0 Å². The molecule has 0 unspecified atom stereocenters. The largest absolute Gasteiger partial charge is 0.508 e. The minimum atomic E-state index is -3.25. The molecule has 0 saturated carbocycles. The highest BCUT2D eigenvalue weighted by atomic mass is 16.7. The number of fused-ring (bicyclic) bond motifs is 1. The molecule has 0 saturated heterocycles. The van der Waals surface area contributed by atoms with Crippen molar-refractivity contribution in [2.75, 3.05) is 0 Å². The van der Waals surface area contributed by atoms with Crippen molar-refractivity contribution in [2.24, 2.45) is 0 Å². The Labute approximate surface area is 144 Å². The second-order valence-corrected chi connectivity index (χ2v) is 5.73. The van der Waals surface area contributed by atoms with Gasteiger partial charge < -0.3 is 40.2 Å². The zero-order valence-corrected chi connectivity index (χ0v) is 13.0. The first kappa shape index (κ1) is 17.5. The van der Waals surface area contributed by atoms with E-state index in [2.05, 4.69) is 0 Å². The second kappa shape index (κ2) is 5.92. The first-order chi connectivity index (χ1) is 12.1. The standard InChI is InChI=1S/C17H14O9/c18-8-4-12(21)14-13(5-8)26-16(7-1-2-10(19)11(20)3-7)9(15(14)22)6-17(23,24)25/h1-5,18-21,23-25H,6H2. The Bertz CT molecular complexity index is 1060. The Morgan fingerprint density at radius 2 is 1.58 bits per heavy atom. The summed E-state index contributed by atoms with van der Waals surface area (Å²) in [5, 5.41) is 66.1. The molecule has 0 radical (unpaired) electrons. The van der Waals surface area contributed by atoms with E-state index in [9.17, 15) is 40.5 Å². The molecular weight excluding hydrogens is 348 g/mol. The van der Waals surface area contributed by atoms with Gasteiger partial charge in [-0.1, -0.05) is 0 Å². The summed E-state index contributed by atoms with van der Waals surface area (Å²) in [6.07, 6.45) is -0.970. The smallest absolute Gasteiger partial charge is 0.279 e. The van der Waals surface area contributed by atoms with E-state index in [1.165, 1.54) is 6.07 Å². The topological polar surface area (TPSA) is 172 Å². The lowest BCUT2D eigenvalue weighted by molar-refractivity contribution is -0.309. The Kier molecular flexibility index (Phi) is 3.99. The molecule has 0 aliphatic rings. The maximum atomic E-state index is 12.7. The third-order valence-electron chi connectivity index (χ3n) is 3.70. The second-order valence-electron chi connectivity index (χ2n) is 5.73. The van der Waals surface area contributed by atoms with E-state index >= 15 is 0 Å². The van der Waals surface area contributed by atoms with Crippen molar-refractivity contribution in [2.45, 2.75) is 12.4 Å². The normalized spacial score (nSPS) is 11.8. The molecule has 0 bridgehead atoms. The lowest BCUT2D eigenvalue weighted by atomic mass is 10.0. The number of aliphatic hydroxyl groups is 3. The summed E-state index contributed by atoms with van der Waals surface area (Å²) in [7, 11) is 0. The van der Waals surface area contributed by atoms with Gasteiger partial charge in [-0.3, -0.25) is 4.79 Å². The first-order valence-electron chi connectivity index (χ1n) is 7.28. The fourth-order valence-electron chi connectivity index (χ4n) is 2.62. The number of hydrogen-bond donors (Lipinski definition) is 7. The minimum Gasteiger partial charge on any atom is -0.508 e. The number of phenols is 4. The number of phenolic OH excluding ortho intramolecular Hbond substituents is 4. The monoisotopic (exact) mass is 362 g/mol. The average molecular weight is 362 g/mol. The van der Waals surface area contributed by atoms with Crippen LogP contribution in [0.1, 0.15) is 5.56 Å². The van der Waals surface area contributed by atoms with E-state index in [0.29, 0.717) is 0 Å². The van der Waals surface area contributed by atoms with Crippen LogP contribution in [-0.4, -0.2) is 41.7 Å². The molecule has 0 spiro atoms. The number of rotatable bonds is 3. The maximum Gasteiger partial charge on any atom is 0.279 e. The zero-order chi connectivity index (χ0) is 19.2. The van der Waals surface area contributed by atoms with Crippen molar-refractivity contribution >= 4 is 11.0 Å². The third kappa shape index (κ3) is 3.14. The van der Waals surface area contributed by atoms with E-state index in [0.717, 1.165) is 24.3 Å². The molecule has 3 rings (SSSR count). The van der Waals surface area contributed by atoms with Crippen molar-refractivity contribution < 1.29 is 40.2 Å². The molecule has 2 aromatic carbocycles. The highest BCUT2D eigenvalue weighted by Crippen LogP contribution is 2.36.